The summed E-state index contributed by atoms with van der Waals surface area (Å²) in [6, 6.07) is 0.749. The van der Waals surface area contributed by atoms with E-state index in [1.807, 2.05) is 13.8 Å². The number of oxazole rings is 1. The van der Waals surface area contributed by atoms with Gasteiger partial charge in [-0.05, 0) is 53.2 Å². The van der Waals surface area contributed by atoms with Gasteiger partial charge < -0.3 is 14.6 Å². The lowest BCUT2D eigenvalue weighted by Gasteiger charge is -2.32. The van der Waals surface area contributed by atoms with Crippen molar-refractivity contribution in [3.63, 3.8) is 0 Å². The van der Waals surface area contributed by atoms with Crippen LogP contribution in [0.15, 0.2) is 4.42 Å². The molecule has 0 radical (unpaired) electrons. The summed E-state index contributed by atoms with van der Waals surface area (Å²) in [4.78, 5) is 6.86. The second-order valence-electron chi connectivity index (χ2n) is 5.34. The summed E-state index contributed by atoms with van der Waals surface area (Å²) < 4.78 is 5.54. The summed E-state index contributed by atoms with van der Waals surface area (Å²) in [5.41, 5.74) is 0.999. The molecule has 1 unspecified atom stereocenters. The largest absolute Gasteiger partial charge is 0.444 e. The molecule has 0 bridgehead atoms. The number of hydrogen-bond acceptors (Lipinski definition) is 4. The van der Waals surface area contributed by atoms with Crippen LogP contribution in [-0.4, -0.2) is 36.1 Å². The number of likely N-dealkylation sites (tertiary alicyclic amines) is 1. The van der Waals surface area contributed by atoms with Crippen LogP contribution < -0.4 is 5.32 Å². The zero-order chi connectivity index (χ0) is 13.0. The number of aromatic nitrogens is 1. The summed E-state index contributed by atoms with van der Waals surface area (Å²) >= 11 is 0. The van der Waals surface area contributed by atoms with Crippen molar-refractivity contribution in [2.75, 3.05) is 20.1 Å². The predicted molar refractivity (Wildman–Crippen MR) is 72.6 cm³/mol. The first-order chi connectivity index (χ1) is 8.66. The molecule has 0 spiro atoms. The van der Waals surface area contributed by atoms with Crippen LogP contribution in [0.5, 0.6) is 0 Å². The average Bonchev–Trinajstić information content (AvgIpc) is 2.66. The van der Waals surface area contributed by atoms with Crippen LogP contribution in [0.3, 0.4) is 0 Å². The number of hydrogen-bond donors (Lipinski definition) is 1. The van der Waals surface area contributed by atoms with Crippen molar-refractivity contribution in [2.45, 2.75) is 52.1 Å². The van der Waals surface area contributed by atoms with Gasteiger partial charge in [0.15, 0.2) is 0 Å². The standard InChI is InChI=1S/C14H25N3O/c1-11-12(2)18-14(16-11)10-15-8-7-13-6-4-5-9-17(13)3/h13,15H,4-10H2,1-3H3. The maximum atomic E-state index is 5.54. The summed E-state index contributed by atoms with van der Waals surface area (Å²) in [6.07, 6.45) is 5.30. The van der Waals surface area contributed by atoms with Crippen molar-refractivity contribution in [2.24, 2.45) is 0 Å². The zero-order valence-corrected chi connectivity index (χ0v) is 11.8. The highest BCUT2D eigenvalue weighted by atomic mass is 16.4. The molecule has 4 nitrogen and oxygen atoms in total. The summed E-state index contributed by atoms with van der Waals surface area (Å²) in [6.45, 7) is 6.98. The van der Waals surface area contributed by atoms with Crippen molar-refractivity contribution in [3.05, 3.63) is 17.3 Å². The number of nitrogens with one attached hydrogen (secondary N) is 1. The molecule has 0 aliphatic carbocycles. The molecule has 1 aromatic heterocycles. The van der Waals surface area contributed by atoms with Gasteiger partial charge >= 0.3 is 0 Å². The van der Waals surface area contributed by atoms with Gasteiger partial charge in [0.05, 0.1) is 12.2 Å². The molecule has 1 N–H and O–H groups in total. The van der Waals surface area contributed by atoms with E-state index in [1.165, 1.54) is 32.2 Å². The minimum absolute atomic E-state index is 0.741. The van der Waals surface area contributed by atoms with Crippen molar-refractivity contribution in [1.82, 2.24) is 15.2 Å². The van der Waals surface area contributed by atoms with Crippen molar-refractivity contribution >= 4 is 0 Å². The normalized spacial score (nSPS) is 21.4. The summed E-state index contributed by atoms with van der Waals surface area (Å²) in [5, 5.41) is 3.43. The Morgan fingerprint density at radius 2 is 2.22 bits per heavy atom. The fourth-order valence-electron chi connectivity index (χ4n) is 2.59. The molecule has 102 valence electrons. The molecule has 2 rings (SSSR count). The third kappa shape index (κ3) is 3.56. The molecule has 4 heteroatoms. The maximum absolute atomic E-state index is 5.54. The first-order valence-corrected chi connectivity index (χ1v) is 7.00. The Kier molecular flexibility index (Phi) is 4.78. The van der Waals surface area contributed by atoms with E-state index >= 15 is 0 Å². The molecule has 0 aromatic carbocycles. The second kappa shape index (κ2) is 6.34. The molecule has 1 aliphatic rings. The topological polar surface area (TPSA) is 41.3 Å². The molecule has 1 fully saturated rings. The van der Waals surface area contributed by atoms with Crippen LogP contribution in [0.25, 0.3) is 0 Å². The lowest BCUT2D eigenvalue weighted by atomic mass is 10.0. The Morgan fingerprint density at radius 1 is 1.39 bits per heavy atom. The Balaban J connectivity index is 1.66. The van der Waals surface area contributed by atoms with E-state index in [9.17, 15) is 0 Å². The SMILES string of the molecule is Cc1nc(CNCCC2CCCCN2C)oc1C. The molecule has 1 aromatic rings. The molecule has 1 aliphatic heterocycles. The second-order valence-corrected chi connectivity index (χ2v) is 5.34. The molecule has 18 heavy (non-hydrogen) atoms. The van der Waals surface area contributed by atoms with E-state index in [2.05, 4.69) is 22.2 Å². The highest BCUT2D eigenvalue weighted by Gasteiger charge is 2.17. The smallest absolute Gasteiger partial charge is 0.208 e. The van der Waals surface area contributed by atoms with Gasteiger partial charge in [-0.1, -0.05) is 6.42 Å². The Morgan fingerprint density at radius 3 is 2.89 bits per heavy atom. The van der Waals surface area contributed by atoms with Crippen LogP contribution in [0, 0.1) is 13.8 Å². The average molecular weight is 251 g/mol. The van der Waals surface area contributed by atoms with Crippen molar-refractivity contribution < 1.29 is 4.42 Å². The molecular weight excluding hydrogens is 226 g/mol. The molecule has 0 saturated carbocycles. The number of piperidine rings is 1. The fraction of sp³-hybridized carbons (Fsp3) is 0.786. The van der Waals surface area contributed by atoms with Gasteiger partial charge in [-0.15, -0.1) is 0 Å². The van der Waals surface area contributed by atoms with E-state index in [0.29, 0.717) is 0 Å². The highest BCUT2D eigenvalue weighted by molar-refractivity contribution is 5.05. The number of aryl methyl sites for hydroxylation is 2. The summed E-state index contributed by atoms with van der Waals surface area (Å²) in [7, 11) is 2.24. The molecule has 0 amide bonds. The lowest BCUT2D eigenvalue weighted by Crippen LogP contribution is -2.38. The van der Waals surface area contributed by atoms with E-state index in [4.69, 9.17) is 4.42 Å². The van der Waals surface area contributed by atoms with E-state index in [0.717, 1.165) is 36.5 Å². The number of rotatable bonds is 5. The van der Waals surface area contributed by atoms with Crippen LogP contribution in [0.4, 0.5) is 0 Å². The quantitative estimate of drug-likeness (QED) is 0.815. The Hall–Kier alpha value is -0.870. The van der Waals surface area contributed by atoms with E-state index in [-0.39, 0.29) is 0 Å². The van der Waals surface area contributed by atoms with Gasteiger partial charge in [0.1, 0.15) is 5.76 Å². The van der Waals surface area contributed by atoms with Crippen LogP contribution in [0.1, 0.15) is 43.0 Å². The predicted octanol–water partition coefficient (Wildman–Crippen LogP) is 2.26. The molecule has 2 heterocycles. The van der Waals surface area contributed by atoms with Crippen molar-refractivity contribution in [1.29, 1.82) is 0 Å². The number of nitrogens with zero attached hydrogens (tertiary/aromatic N) is 2. The first-order valence-electron chi connectivity index (χ1n) is 7.00. The van der Waals surface area contributed by atoms with Crippen LogP contribution in [0.2, 0.25) is 0 Å². The first kappa shape index (κ1) is 13.6. The maximum Gasteiger partial charge on any atom is 0.208 e. The molecule has 1 atom stereocenters. The van der Waals surface area contributed by atoms with E-state index < -0.39 is 0 Å². The Labute approximate surface area is 110 Å². The van der Waals surface area contributed by atoms with Gasteiger partial charge in [0, 0.05) is 6.04 Å². The van der Waals surface area contributed by atoms with E-state index in [1.54, 1.807) is 0 Å². The zero-order valence-electron chi connectivity index (χ0n) is 11.8. The Bertz CT molecular complexity index is 356. The van der Waals surface area contributed by atoms with Gasteiger partial charge in [0.2, 0.25) is 5.89 Å². The van der Waals surface area contributed by atoms with Crippen LogP contribution in [-0.2, 0) is 6.54 Å². The highest BCUT2D eigenvalue weighted by Crippen LogP contribution is 2.17. The van der Waals surface area contributed by atoms with Gasteiger partial charge in [0.25, 0.3) is 0 Å². The van der Waals surface area contributed by atoms with Crippen molar-refractivity contribution in [3.8, 4) is 0 Å². The monoisotopic (exact) mass is 251 g/mol. The minimum Gasteiger partial charge on any atom is -0.444 e. The third-order valence-electron chi connectivity index (χ3n) is 3.92. The van der Waals surface area contributed by atoms with Gasteiger partial charge in [-0.2, -0.15) is 0 Å². The lowest BCUT2D eigenvalue weighted by molar-refractivity contribution is 0.175. The molecule has 1 saturated heterocycles. The van der Waals surface area contributed by atoms with Crippen LogP contribution >= 0.6 is 0 Å². The minimum atomic E-state index is 0.741. The van der Waals surface area contributed by atoms with Gasteiger partial charge in [-0.25, -0.2) is 4.98 Å². The third-order valence-corrected chi connectivity index (χ3v) is 3.92. The van der Waals surface area contributed by atoms with Gasteiger partial charge in [-0.3, -0.25) is 0 Å². The fourth-order valence-corrected chi connectivity index (χ4v) is 2.59. The summed E-state index contributed by atoms with van der Waals surface area (Å²) in [5.74, 6) is 1.74. The molecular formula is C14H25N3O.